The number of fused-ring (bicyclic) bond motifs is 2. The fourth-order valence-electron chi connectivity index (χ4n) is 5.59. The molecule has 0 atom stereocenters. The molecule has 0 unspecified atom stereocenters. The van der Waals surface area contributed by atoms with Gasteiger partial charge in [-0.05, 0) is 74.9 Å². The van der Waals surface area contributed by atoms with Crippen LogP contribution in [0.15, 0.2) is 36.5 Å². The van der Waals surface area contributed by atoms with Crippen LogP contribution < -0.4 is 9.64 Å². The SMILES string of the molecule is CC(C)CCN(CCC(C)C)C(=O)c1ccc2nc(-c3ccc4c(c3)OCCN4C)c(CN3CCCC3)n2c1. The maximum Gasteiger partial charge on any atom is 0.255 e. The summed E-state index contributed by atoms with van der Waals surface area (Å²) in [4.78, 5) is 25.7. The molecule has 0 aliphatic carbocycles. The molecule has 3 aromatic rings. The van der Waals surface area contributed by atoms with Crippen LogP contribution in [-0.2, 0) is 6.54 Å². The van der Waals surface area contributed by atoms with Crippen LogP contribution >= 0.6 is 0 Å². The summed E-state index contributed by atoms with van der Waals surface area (Å²) in [6, 6.07) is 10.4. The Morgan fingerprint density at radius 3 is 2.41 bits per heavy atom. The molecule has 0 spiro atoms. The molecule has 0 saturated carbocycles. The summed E-state index contributed by atoms with van der Waals surface area (Å²) in [5.74, 6) is 2.15. The summed E-state index contributed by atoms with van der Waals surface area (Å²) in [5, 5.41) is 0. The van der Waals surface area contributed by atoms with Gasteiger partial charge in [0.2, 0.25) is 0 Å². The van der Waals surface area contributed by atoms with Gasteiger partial charge >= 0.3 is 0 Å². The predicted molar refractivity (Wildman–Crippen MR) is 159 cm³/mol. The number of likely N-dealkylation sites (N-methyl/N-ethyl adjacent to an activating group) is 1. The minimum atomic E-state index is 0.116. The number of imidazole rings is 1. The van der Waals surface area contributed by atoms with Gasteiger partial charge in [0.1, 0.15) is 18.0 Å². The van der Waals surface area contributed by atoms with Crippen LogP contribution in [-0.4, -0.2) is 71.5 Å². The van der Waals surface area contributed by atoms with Crippen LogP contribution in [0.2, 0.25) is 0 Å². The molecule has 2 aromatic heterocycles. The summed E-state index contributed by atoms with van der Waals surface area (Å²) >= 11 is 0. The number of carbonyl (C=O) groups excluding carboxylic acids is 1. The molecular formula is C32H45N5O2. The second-order valence-corrected chi connectivity index (χ2v) is 12.1. The van der Waals surface area contributed by atoms with Crippen LogP contribution in [0.25, 0.3) is 16.9 Å². The van der Waals surface area contributed by atoms with Crippen molar-refractivity contribution in [2.45, 2.75) is 59.9 Å². The smallest absolute Gasteiger partial charge is 0.255 e. The molecule has 7 heteroatoms. The maximum atomic E-state index is 13.8. The van der Waals surface area contributed by atoms with Crippen molar-refractivity contribution in [2.24, 2.45) is 11.8 Å². The number of ether oxygens (including phenoxy) is 1. The zero-order valence-corrected chi connectivity index (χ0v) is 24.4. The molecule has 1 aromatic carbocycles. The van der Waals surface area contributed by atoms with Crippen LogP contribution in [0.1, 0.15) is 69.4 Å². The Labute approximate surface area is 233 Å². The Morgan fingerprint density at radius 1 is 1.00 bits per heavy atom. The van der Waals surface area contributed by atoms with Gasteiger partial charge in [0.15, 0.2) is 0 Å². The Morgan fingerprint density at radius 2 is 1.72 bits per heavy atom. The molecule has 5 rings (SSSR count). The number of benzene rings is 1. The van der Waals surface area contributed by atoms with Crippen LogP contribution in [0.4, 0.5) is 5.69 Å². The number of anilines is 1. The number of aromatic nitrogens is 2. The van der Waals surface area contributed by atoms with Gasteiger partial charge in [0.25, 0.3) is 5.91 Å². The van der Waals surface area contributed by atoms with Gasteiger partial charge < -0.3 is 18.9 Å². The molecule has 2 aliphatic rings. The van der Waals surface area contributed by atoms with Gasteiger partial charge in [0.05, 0.1) is 29.2 Å². The minimum Gasteiger partial charge on any atom is -0.490 e. The zero-order valence-electron chi connectivity index (χ0n) is 24.4. The Bertz CT molecular complexity index is 1280. The largest absolute Gasteiger partial charge is 0.490 e. The number of pyridine rings is 1. The number of hydrogen-bond acceptors (Lipinski definition) is 5. The number of likely N-dealkylation sites (tertiary alicyclic amines) is 1. The Balaban J connectivity index is 1.53. The molecule has 39 heavy (non-hydrogen) atoms. The standard InChI is InChI=1S/C32H45N5O2/c1-23(2)12-16-36(17-13-24(3)4)32(38)26-9-11-30-33-31(28(37(30)21-26)22-35-14-6-7-15-35)25-8-10-27-29(20-25)39-19-18-34(27)5/h8-11,20-21,23-24H,6-7,12-19,22H2,1-5H3. The van der Waals surface area contributed by atoms with E-state index >= 15 is 0 Å². The molecule has 1 fully saturated rings. The molecule has 0 radical (unpaired) electrons. The van der Waals surface area contributed by atoms with E-state index in [-0.39, 0.29) is 5.91 Å². The molecule has 1 amide bonds. The van der Waals surface area contributed by atoms with Gasteiger partial charge in [-0.25, -0.2) is 4.98 Å². The highest BCUT2D eigenvalue weighted by Crippen LogP contribution is 2.36. The number of hydrogen-bond donors (Lipinski definition) is 0. The lowest BCUT2D eigenvalue weighted by Gasteiger charge is -2.28. The number of nitrogens with zero attached hydrogens (tertiary/aromatic N) is 5. The number of amides is 1. The van der Waals surface area contributed by atoms with E-state index in [2.05, 4.69) is 72.0 Å². The van der Waals surface area contributed by atoms with E-state index < -0.39 is 0 Å². The van der Waals surface area contributed by atoms with Gasteiger partial charge in [-0.2, -0.15) is 0 Å². The third kappa shape index (κ3) is 6.24. The van der Waals surface area contributed by atoms with Crippen molar-refractivity contribution in [3.05, 3.63) is 47.8 Å². The fourth-order valence-corrected chi connectivity index (χ4v) is 5.59. The van der Waals surface area contributed by atoms with Crippen molar-refractivity contribution in [3.8, 4) is 17.0 Å². The first-order valence-electron chi connectivity index (χ1n) is 14.8. The summed E-state index contributed by atoms with van der Waals surface area (Å²) in [5.41, 5.74) is 5.90. The fraction of sp³-hybridized carbons (Fsp3) is 0.562. The summed E-state index contributed by atoms with van der Waals surface area (Å²) in [7, 11) is 2.11. The molecule has 210 valence electrons. The molecule has 0 N–H and O–H groups in total. The summed E-state index contributed by atoms with van der Waals surface area (Å²) < 4.78 is 8.19. The van der Waals surface area contributed by atoms with Gasteiger partial charge in [-0.15, -0.1) is 0 Å². The third-order valence-corrected chi connectivity index (χ3v) is 8.11. The quantitative estimate of drug-likeness (QED) is 0.323. The van der Waals surface area contributed by atoms with Crippen molar-refractivity contribution in [1.82, 2.24) is 19.2 Å². The van der Waals surface area contributed by atoms with Gasteiger partial charge in [-0.1, -0.05) is 33.8 Å². The normalized spacial score (nSPS) is 15.8. The zero-order chi connectivity index (χ0) is 27.5. The number of carbonyl (C=O) groups is 1. The van der Waals surface area contributed by atoms with Gasteiger partial charge in [-0.3, -0.25) is 9.69 Å². The Hall–Kier alpha value is -3.06. The monoisotopic (exact) mass is 531 g/mol. The average Bonchev–Trinajstić information content (AvgIpc) is 3.56. The highest BCUT2D eigenvalue weighted by molar-refractivity contribution is 5.94. The lowest BCUT2D eigenvalue weighted by molar-refractivity contribution is 0.0740. The maximum absolute atomic E-state index is 13.8. The Kier molecular flexibility index (Phi) is 8.46. The van der Waals surface area contributed by atoms with E-state index in [1.54, 1.807) is 0 Å². The third-order valence-electron chi connectivity index (χ3n) is 8.11. The van der Waals surface area contributed by atoms with Crippen LogP contribution in [0, 0.1) is 11.8 Å². The lowest BCUT2D eigenvalue weighted by atomic mass is 10.1. The van der Waals surface area contributed by atoms with Crippen molar-refractivity contribution in [3.63, 3.8) is 0 Å². The van der Waals surface area contributed by atoms with E-state index in [9.17, 15) is 4.79 Å². The highest BCUT2D eigenvalue weighted by Gasteiger charge is 2.24. The molecule has 4 heterocycles. The van der Waals surface area contributed by atoms with E-state index in [4.69, 9.17) is 9.72 Å². The lowest BCUT2D eigenvalue weighted by Crippen LogP contribution is -2.34. The molecule has 0 bridgehead atoms. The van der Waals surface area contributed by atoms with Crippen molar-refractivity contribution in [1.29, 1.82) is 0 Å². The summed E-state index contributed by atoms with van der Waals surface area (Å²) in [6.07, 6.45) is 6.51. The van der Waals surface area contributed by atoms with Crippen LogP contribution in [0.5, 0.6) is 5.75 Å². The molecule has 2 aliphatic heterocycles. The van der Waals surface area contributed by atoms with E-state index in [0.29, 0.717) is 18.4 Å². The molecule has 7 nitrogen and oxygen atoms in total. The van der Waals surface area contributed by atoms with E-state index in [1.165, 1.54) is 12.8 Å². The molecular weight excluding hydrogens is 486 g/mol. The first-order valence-corrected chi connectivity index (χ1v) is 14.8. The van der Waals surface area contributed by atoms with E-state index in [1.807, 2.05) is 18.3 Å². The summed E-state index contributed by atoms with van der Waals surface area (Å²) in [6.45, 7) is 15.1. The van der Waals surface area contributed by atoms with Crippen LogP contribution in [0.3, 0.4) is 0 Å². The van der Waals surface area contributed by atoms with Gasteiger partial charge in [0, 0.05) is 38.4 Å². The van der Waals surface area contributed by atoms with Crippen molar-refractivity contribution in [2.75, 3.05) is 51.3 Å². The average molecular weight is 532 g/mol. The first-order chi connectivity index (χ1) is 18.8. The van der Waals surface area contributed by atoms with Crippen molar-refractivity contribution < 1.29 is 9.53 Å². The van der Waals surface area contributed by atoms with E-state index in [0.717, 1.165) is 91.7 Å². The first kappa shape index (κ1) is 27.5. The predicted octanol–water partition coefficient (Wildman–Crippen LogP) is 5.96. The highest BCUT2D eigenvalue weighted by atomic mass is 16.5. The van der Waals surface area contributed by atoms with Crippen molar-refractivity contribution >= 4 is 17.2 Å². The number of rotatable bonds is 10. The topological polar surface area (TPSA) is 53.3 Å². The second-order valence-electron chi connectivity index (χ2n) is 12.1. The second kappa shape index (κ2) is 12.0. The molecule has 1 saturated heterocycles. The minimum absolute atomic E-state index is 0.116.